The molecule has 5 rings (SSSR count). The molecular weight excluding hydrogens is 473 g/mol. The van der Waals surface area contributed by atoms with Crippen LogP contribution in [0.15, 0.2) is 41.2 Å². The number of aromatic nitrogens is 4. The molecule has 0 unspecified atom stereocenters. The molecule has 13 heteroatoms. The molecule has 184 valence electrons. The van der Waals surface area contributed by atoms with E-state index in [1.807, 2.05) is 0 Å². The summed E-state index contributed by atoms with van der Waals surface area (Å²) < 4.78 is 26.2. The molecule has 3 N–H and O–H groups in total. The molecule has 0 aliphatic carbocycles. The third kappa shape index (κ3) is 4.00. The van der Waals surface area contributed by atoms with Crippen LogP contribution in [-0.4, -0.2) is 62.5 Å². The summed E-state index contributed by atoms with van der Waals surface area (Å²) in [5.74, 6) is -1.49. The second kappa shape index (κ2) is 8.76. The monoisotopic (exact) mass is 493 g/mol. The maximum absolute atomic E-state index is 14.8. The van der Waals surface area contributed by atoms with Gasteiger partial charge in [-0.25, -0.2) is 14.2 Å². The molecule has 0 saturated carbocycles. The van der Waals surface area contributed by atoms with E-state index in [0.717, 1.165) is 0 Å². The van der Waals surface area contributed by atoms with Crippen LogP contribution >= 0.6 is 0 Å². The summed E-state index contributed by atoms with van der Waals surface area (Å²) in [5.41, 5.74) is 6.75. The fourth-order valence-corrected chi connectivity index (χ4v) is 3.85. The van der Waals surface area contributed by atoms with Gasteiger partial charge in [0.05, 0.1) is 24.8 Å². The highest BCUT2D eigenvalue weighted by atomic mass is 19.1. The molecule has 0 spiro atoms. The molecule has 4 aromatic rings. The number of carbonyl (C=O) groups excluding carboxylic acids is 3. The van der Waals surface area contributed by atoms with E-state index in [1.54, 1.807) is 6.07 Å². The van der Waals surface area contributed by atoms with E-state index in [4.69, 9.17) is 10.3 Å². The topological polar surface area (TPSA) is 158 Å². The number of carbonyl (C=O) groups is 3. The number of amides is 3. The van der Waals surface area contributed by atoms with Crippen molar-refractivity contribution in [1.29, 1.82) is 0 Å². The number of nitrogens with one attached hydrogen (secondary N) is 1. The van der Waals surface area contributed by atoms with Gasteiger partial charge in [-0.1, -0.05) is 5.16 Å². The van der Waals surface area contributed by atoms with Gasteiger partial charge in [0, 0.05) is 36.1 Å². The first-order valence-corrected chi connectivity index (χ1v) is 10.8. The lowest BCUT2D eigenvalue weighted by atomic mass is 10.0. The summed E-state index contributed by atoms with van der Waals surface area (Å²) in [6.45, 7) is 2.28. The SMILES string of the molecule is COC(=O)N1CC(c2noc(-c3cc(F)c(C)c(NC(=O)c4cnc5ccc(C(N)=O)cn45)c3)n2)C1. The number of methoxy groups -OCH3 is 1. The number of pyridine rings is 1. The minimum absolute atomic E-state index is 0.0665. The van der Waals surface area contributed by atoms with Crippen LogP contribution in [0.2, 0.25) is 0 Å². The van der Waals surface area contributed by atoms with Crippen molar-refractivity contribution in [3.8, 4) is 11.5 Å². The number of halogens is 1. The molecule has 1 aliphatic heterocycles. The van der Waals surface area contributed by atoms with E-state index in [1.165, 1.54) is 53.9 Å². The standard InChI is InChI=1S/C23H20FN7O5/c1-11-15(24)5-13(22-28-20(29-36-22)14-8-30(9-14)23(34)35-2)6-16(11)27-21(33)17-7-26-18-4-3-12(19(25)32)10-31(17)18/h3-7,10,14H,8-9H2,1-2H3,(H2,25,32)(H,27,33). The number of anilines is 1. The summed E-state index contributed by atoms with van der Waals surface area (Å²) >= 11 is 0. The number of fused-ring (bicyclic) bond motifs is 1. The average molecular weight is 493 g/mol. The van der Waals surface area contributed by atoms with Crippen LogP contribution in [0.25, 0.3) is 17.1 Å². The highest BCUT2D eigenvalue weighted by Crippen LogP contribution is 2.30. The smallest absolute Gasteiger partial charge is 0.409 e. The maximum Gasteiger partial charge on any atom is 0.409 e. The second-order valence-corrected chi connectivity index (χ2v) is 8.27. The first kappa shape index (κ1) is 23.0. The van der Waals surface area contributed by atoms with E-state index >= 15 is 0 Å². The minimum Gasteiger partial charge on any atom is -0.453 e. The van der Waals surface area contributed by atoms with Crippen molar-refractivity contribution < 1.29 is 28.0 Å². The van der Waals surface area contributed by atoms with Gasteiger partial charge >= 0.3 is 6.09 Å². The normalized spacial score (nSPS) is 13.5. The highest BCUT2D eigenvalue weighted by molar-refractivity contribution is 6.04. The minimum atomic E-state index is -0.651. The molecule has 0 radical (unpaired) electrons. The van der Waals surface area contributed by atoms with Crippen LogP contribution in [0.3, 0.4) is 0 Å². The van der Waals surface area contributed by atoms with E-state index in [9.17, 15) is 18.8 Å². The van der Waals surface area contributed by atoms with Crippen molar-refractivity contribution in [3.63, 3.8) is 0 Å². The summed E-state index contributed by atoms with van der Waals surface area (Å²) in [5, 5.41) is 6.63. The van der Waals surface area contributed by atoms with Crippen molar-refractivity contribution in [1.82, 2.24) is 24.4 Å². The predicted molar refractivity (Wildman–Crippen MR) is 123 cm³/mol. The zero-order valence-electron chi connectivity index (χ0n) is 19.2. The molecular formula is C23H20FN7O5. The van der Waals surface area contributed by atoms with Gasteiger partial charge in [-0.3, -0.25) is 14.0 Å². The van der Waals surface area contributed by atoms with Crippen LogP contribution in [-0.2, 0) is 4.74 Å². The Kier molecular flexibility index (Phi) is 5.59. The number of rotatable bonds is 5. The number of likely N-dealkylation sites (tertiary alicyclic amines) is 1. The van der Waals surface area contributed by atoms with E-state index in [2.05, 4.69) is 25.2 Å². The predicted octanol–water partition coefficient (Wildman–Crippen LogP) is 2.35. The molecule has 1 aromatic carbocycles. The Labute approximate surface area is 202 Å². The van der Waals surface area contributed by atoms with E-state index < -0.39 is 23.7 Å². The molecule has 1 saturated heterocycles. The van der Waals surface area contributed by atoms with Gasteiger partial charge < -0.3 is 25.2 Å². The third-order valence-corrected chi connectivity index (χ3v) is 5.98. The first-order valence-electron chi connectivity index (χ1n) is 10.8. The van der Waals surface area contributed by atoms with Crippen LogP contribution in [0.4, 0.5) is 14.9 Å². The largest absolute Gasteiger partial charge is 0.453 e. The molecule has 0 atom stereocenters. The van der Waals surface area contributed by atoms with Gasteiger partial charge in [0.2, 0.25) is 5.91 Å². The van der Waals surface area contributed by atoms with Crippen LogP contribution < -0.4 is 11.1 Å². The Morgan fingerprint density at radius 3 is 2.75 bits per heavy atom. The lowest BCUT2D eigenvalue weighted by molar-refractivity contribution is 0.0857. The summed E-state index contributed by atoms with van der Waals surface area (Å²) in [4.78, 5) is 46.1. The first-order chi connectivity index (χ1) is 17.2. The van der Waals surface area contributed by atoms with Gasteiger partial charge in [0.25, 0.3) is 11.8 Å². The van der Waals surface area contributed by atoms with Gasteiger partial charge in [0.15, 0.2) is 5.82 Å². The van der Waals surface area contributed by atoms with Gasteiger partial charge in [0.1, 0.15) is 17.2 Å². The zero-order valence-corrected chi connectivity index (χ0v) is 19.2. The molecule has 4 heterocycles. The fraction of sp³-hybridized carbons (Fsp3) is 0.217. The van der Waals surface area contributed by atoms with Gasteiger partial charge in [-0.15, -0.1) is 0 Å². The molecule has 1 fully saturated rings. The molecule has 1 aliphatic rings. The van der Waals surface area contributed by atoms with Gasteiger partial charge in [-0.2, -0.15) is 4.98 Å². The van der Waals surface area contributed by atoms with Crippen molar-refractivity contribution in [2.45, 2.75) is 12.8 Å². The van der Waals surface area contributed by atoms with Crippen molar-refractivity contribution in [3.05, 3.63) is 65.1 Å². The molecule has 3 aromatic heterocycles. The number of primary amides is 1. The third-order valence-electron chi connectivity index (χ3n) is 5.98. The lowest BCUT2D eigenvalue weighted by Gasteiger charge is -2.35. The summed E-state index contributed by atoms with van der Waals surface area (Å²) in [7, 11) is 1.30. The summed E-state index contributed by atoms with van der Waals surface area (Å²) in [6, 6.07) is 5.82. The van der Waals surface area contributed by atoms with E-state index in [-0.39, 0.29) is 39.9 Å². The quantitative estimate of drug-likeness (QED) is 0.429. The molecule has 3 amide bonds. The number of ether oxygens (including phenoxy) is 1. The van der Waals surface area contributed by atoms with Crippen molar-refractivity contribution in [2.24, 2.45) is 5.73 Å². The van der Waals surface area contributed by atoms with Crippen LogP contribution in [0.1, 0.15) is 38.2 Å². The summed E-state index contributed by atoms with van der Waals surface area (Å²) in [6.07, 6.45) is 2.31. The lowest BCUT2D eigenvalue weighted by Crippen LogP contribution is -2.48. The Hall–Kier alpha value is -4.81. The Morgan fingerprint density at radius 1 is 1.25 bits per heavy atom. The van der Waals surface area contributed by atoms with Gasteiger partial charge in [-0.05, 0) is 31.2 Å². The van der Waals surface area contributed by atoms with Crippen LogP contribution in [0, 0.1) is 12.7 Å². The Balaban J connectivity index is 1.39. The van der Waals surface area contributed by atoms with Crippen molar-refractivity contribution >= 4 is 29.2 Å². The van der Waals surface area contributed by atoms with Crippen LogP contribution in [0.5, 0.6) is 0 Å². The highest BCUT2D eigenvalue weighted by Gasteiger charge is 2.35. The molecule has 0 bridgehead atoms. The number of nitrogens with zero attached hydrogens (tertiary/aromatic N) is 5. The second-order valence-electron chi connectivity index (χ2n) is 8.27. The van der Waals surface area contributed by atoms with E-state index in [0.29, 0.717) is 24.6 Å². The van der Waals surface area contributed by atoms with Crippen molar-refractivity contribution in [2.75, 3.05) is 25.5 Å². The molecule has 12 nitrogen and oxygen atoms in total. The number of benzene rings is 1. The average Bonchev–Trinajstić information content (AvgIpc) is 3.47. The fourth-order valence-electron chi connectivity index (χ4n) is 3.85. The Bertz CT molecular complexity index is 1520. The number of imidazole rings is 1. The number of hydrogen-bond acceptors (Lipinski definition) is 8. The maximum atomic E-state index is 14.8. The molecule has 36 heavy (non-hydrogen) atoms. The Morgan fingerprint density at radius 2 is 2.03 bits per heavy atom. The number of nitrogens with two attached hydrogens (primary N) is 1. The zero-order chi connectivity index (χ0) is 25.6. The number of hydrogen-bond donors (Lipinski definition) is 2.